The van der Waals surface area contributed by atoms with Crippen molar-refractivity contribution in [2.75, 3.05) is 5.73 Å². The number of nitrogens with zero attached hydrogens (tertiary/aromatic N) is 1. The fourth-order valence-corrected chi connectivity index (χ4v) is 3.73. The molecule has 0 amide bonds. The van der Waals surface area contributed by atoms with E-state index in [1.807, 2.05) is 30.3 Å². The van der Waals surface area contributed by atoms with Crippen LogP contribution in [0.5, 0.6) is 0 Å². The lowest BCUT2D eigenvalue weighted by Crippen LogP contribution is -1.98. The van der Waals surface area contributed by atoms with E-state index in [4.69, 9.17) is 17.3 Å². The van der Waals surface area contributed by atoms with Crippen molar-refractivity contribution < 1.29 is 4.21 Å². The zero-order valence-electron chi connectivity index (χ0n) is 11.1. The fraction of sp³-hybridized carbons (Fsp3) is 0.0625. The molecule has 0 aliphatic heterocycles. The Morgan fingerprint density at radius 2 is 2.00 bits per heavy atom. The molecule has 0 radical (unpaired) electrons. The number of aromatic nitrogens is 1. The summed E-state index contributed by atoms with van der Waals surface area (Å²) in [5.41, 5.74) is 8.14. The van der Waals surface area contributed by atoms with Crippen LogP contribution in [0.15, 0.2) is 59.6 Å². The van der Waals surface area contributed by atoms with Crippen molar-refractivity contribution in [2.45, 2.75) is 10.6 Å². The monoisotopic (exact) mass is 316 g/mol. The highest BCUT2D eigenvalue weighted by Crippen LogP contribution is 2.25. The summed E-state index contributed by atoms with van der Waals surface area (Å²) in [6, 6.07) is 14.8. The molecule has 0 fully saturated rings. The number of benzene rings is 2. The number of rotatable bonds is 3. The molecule has 5 heteroatoms. The Kier molecular flexibility index (Phi) is 3.90. The molecule has 2 aromatic carbocycles. The van der Waals surface area contributed by atoms with Gasteiger partial charge in [-0.2, -0.15) is 0 Å². The van der Waals surface area contributed by atoms with Crippen molar-refractivity contribution in [3.8, 4) is 0 Å². The summed E-state index contributed by atoms with van der Waals surface area (Å²) in [4.78, 5) is 4.88. The molecule has 1 unspecified atom stereocenters. The van der Waals surface area contributed by atoms with Gasteiger partial charge in [0.2, 0.25) is 0 Å². The maximum Gasteiger partial charge on any atom is 0.0702 e. The van der Waals surface area contributed by atoms with Gasteiger partial charge in [0.1, 0.15) is 0 Å². The fourth-order valence-electron chi connectivity index (χ4n) is 2.15. The average Bonchev–Trinajstić information content (AvgIpc) is 2.47. The first-order valence-electron chi connectivity index (χ1n) is 6.40. The van der Waals surface area contributed by atoms with Crippen LogP contribution in [0.4, 0.5) is 5.69 Å². The second-order valence-electron chi connectivity index (χ2n) is 4.71. The number of pyridine rings is 1. The summed E-state index contributed by atoms with van der Waals surface area (Å²) in [6.45, 7) is 0. The summed E-state index contributed by atoms with van der Waals surface area (Å²) >= 11 is 6.10. The number of nitrogens with two attached hydrogens (primary N) is 1. The summed E-state index contributed by atoms with van der Waals surface area (Å²) in [5.74, 6) is 0.411. The van der Waals surface area contributed by atoms with Gasteiger partial charge in [0.25, 0.3) is 0 Å². The molecular formula is C16H13ClN2OS. The van der Waals surface area contributed by atoms with Crippen LogP contribution in [0.2, 0.25) is 5.02 Å². The molecule has 0 aliphatic rings. The number of anilines is 1. The largest absolute Gasteiger partial charge is 0.399 e. The van der Waals surface area contributed by atoms with E-state index in [2.05, 4.69) is 4.98 Å². The van der Waals surface area contributed by atoms with Gasteiger partial charge in [-0.15, -0.1) is 0 Å². The molecular weight excluding hydrogens is 304 g/mol. The van der Waals surface area contributed by atoms with Crippen molar-refractivity contribution >= 4 is 39.0 Å². The molecule has 1 aromatic heterocycles. The van der Waals surface area contributed by atoms with Crippen LogP contribution in [0.1, 0.15) is 5.56 Å². The summed E-state index contributed by atoms with van der Waals surface area (Å²) in [6.07, 6.45) is 1.76. The molecule has 3 rings (SSSR count). The maximum absolute atomic E-state index is 12.5. The maximum atomic E-state index is 12.5. The van der Waals surface area contributed by atoms with E-state index in [1.54, 1.807) is 24.4 Å². The first-order valence-corrected chi connectivity index (χ1v) is 8.10. The highest BCUT2D eigenvalue weighted by atomic mass is 35.5. The van der Waals surface area contributed by atoms with Gasteiger partial charge in [-0.05, 0) is 42.0 Å². The van der Waals surface area contributed by atoms with Crippen molar-refractivity contribution in [1.29, 1.82) is 0 Å². The van der Waals surface area contributed by atoms with E-state index in [0.717, 1.165) is 16.5 Å². The van der Waals surface area contributed by atoms with Crippen LogP contribution >= 0.6 is 11.6 Å². The number of hydrogen-bond donors (Lipinski definition) is 1. The molecule has 0 aliphatic carbocycles. The third-order valence-electron chi connectivity index (χ3n) is 3.17. The Morgan fingerprint density at radius 3 is 2.81 bits per heavy atom. The molecule has 3 aromatic rings. The zero-order chi connectivity index (χ0) is 14.8. The Morgan fingerprint density at radius 1 is 1.14 bits per heavy atom. The van der Waals surface area contributed by atoms with Gasteiger partial charge in [0.05, 0.1) is 32.0 Å². The van der Waals surface area contributed by atoms with Crippen LogP contribution in [0, 0.1) is 0 Å². The zero-order valence-corrected chi connectivity index (χ0v) is 12.7. The molecule has 1 heterocycles. The number of halogens is 1. The number of fused-ring (bicyclic) bond motifs is 1. The van der Waals surface area contributed by atoms with E-state index >= 15 is 0 Å². The van der Waals surface area contributed by atoms with Crippen LogP contribution in [0.3, 0.4) is 0 Å². The second kappa shape index (κ2) is 5.84. The Labute approximate surface area is 130 Å². The van der Waals surface area contributed by atoms with Gasteiger partial charge >= 0.3 is 0 Å². The quantitative estimate of drug-likeness (QED) is 0.748. The van der Waals surface area contributed by atoms with Gasteiger partial charge in [-0.3, -0.25) is 9.19 Å². The number of hydrogen-bond acceptors (Lipinski definition) is 3. The molecule has 0 bridgehead atoms. The lowest BCUT2D eigenvalue weighted by molar-refractivity contribution is 0.682. The van der Waals surface area contributed by atoms with Crippen molar-refractivity contribution in [3.63, 3.8) is 0 Å². The van der Waals surface area contributed by atoms with Gasteiger partial charge in [-0.1, -0.05) is 23.7 Å². The first kappa shape index (κ1) is 14.0. The third-order valence-corrected chi connectivity index (χ3v) is 5.03. The third kappa shape index (κ3) is 3.06. The highest BCUT2D eigenvalue weighted by Gasteiger charge is 2.10. The SMILES string of the molecule is Nc1ccc(S(=O)Cc2ccc3ncccc3c2)c(Cl)c1. The molecule has 3 nitrogen and oxygen atoms in total. The lowest BCUT2D eigenvalue weighted by Gasteiger charge is -2.06. The molecule has 0 spiro atoms. The predicted molar refractivity (Wildman–Crippen MR) is 87.7 cm³/mol. The molecule has 0 saturated heterocycles. The van der Waals surface area contributed by atoms with Crippen LogP contribution < -0.4 is 5.73 Å². The minimum absolute atomic E-state index is 0.411. The molecule has 106 valence electrons. The van der Waals surface area contributed by atoms with Gasteiger partial charge in [0, 0.05) is 17.3 Å². The molecule has 1 atom stereocenters. The topological polar surface area (TPSA) is 56.0 Å². The predicted octanol–water partition coefficient (Wildman–Crippen LogP) is 3.78. The normalized spacial score (nSPS) is 12.4. The smallest absolute Gasteiger partial charge is 0.0702 e. The van der Waals surface area contributed by atoms with E-state index in [0.29, 0.717) is 21.4 Å². The van der Waals surface area contributed by atoms with Crippen LogP contribution in [-0.4, -0.2) is 9.19 Å². The second-order valence-corrected chi connectivity index (χ2v) is 6.54. The Bertz CT molecular complexity index is 835. The minimum Gasteiger partial charge on any atom is -0.399 e. The summed E-state index contributed by atoms with van der Waals surface area (Å²) < 4.78 is 12.5. The van der Waals surface area contributed by atoms with Crippen LogP contribution in [-0.2, 0) is 16.6 Å². The van der Waals surface area contributed by atoms with Gasteiger partial charge in [-0.25, -0.2) is 0 Å². The Balaban J connectivity index is 1.89. The van der Waals surface area contributed by atoms with Crippen molar-refractivity contribution in [1.82, 2.24) is 4.98 Å². The van der Waals surface area contributed by atoms with Crippen molar-refractivity contribution in [3.05, 3.63) is 65.3 Å². The standard InChI is InChI=1S/C16H13ClN2OS/c17-14-9-13(18)4-6-16(14)21(20)10-11-3-5-15-12(8-11)2-1-7-19-15/h1-9H,10,18H2. The van der Waals surface area contributed by atoms with Crippen molar-refractivity contribution in [2.24, 2.45) is 0 Å². The summed E-state index contributed by atoms with van der Waals surface area (Å²) in [5, 5.41) is 1.48. The average molecular weight is 317 g/mol. The lowest BCUT2D eigenvalue weighted by atomic mass is 10.1. The summed E-state index contributed by atoms with van der Waals surface area (Å²) in [7, 11) is -1.21. The minimum atomic E-state index is -1.21. The molecule has 0 saturated carbocycles. The van der Waals surface area contributed by atoms with Gasteiger partial charge < -0.3 is 5.73 Å². The van der Waals surface area contributed by atoms with Gasteiger partial charge in [0.15, 0.2) is 0 Å². The van der Waals surface area contributed by atoms with E-state index in [-0.39, 0.29) is 0 Å². The molecule has 2 N–H and O–H groups in total. The Hall–Kier alpha value is -1.91. The number of nitrogen functional groups attached to an aromatic ring is 1. The molecule has 21 heavy (non-hydrogen) atoms. The van der Waals surface area contributed by atoms with E-state index in [9.17, 15) is 4.21 Å². The highest BCUT2D eigenvalue weighted by molar-refractivity contribution is 7.84. The van der Waals surface area contributed by atoms with E-state index in [1.165, 1.54) is 0 Å². The van der Waals surface area contributed by atoms with Crippen LogP contribution in [0.25, 0.3) is 10.9 Å². The van der Waals surface area contributed by atoms with E-state index < -0.39 is 10.8 Å². The first-order chi connectivity index (χ1) is 10.1.